The fourth-order valence-electron chi connectivity index (χ4n) is 3.40. The summed E-state index contributed by atoms with van der Waals surface area (Å²) < 4.78 is 0. The third kappa shape index (κ3) is 3.04. The van der Waals surface area contributed by atoms with Crippen LogP contribution in [0.2, 0.25) is 0 Å². The van der Waals surface area contributed by atoms with Gasteiger partial charge in [-0.2, -0.15) is 0 Å². The van der Waals surface area contributed by atoms with Crippen LogP contribution in [0.5, 0.6) is 0 Å². The molecule has 1 saturated carbocycles. The molecule has 0 aromatic heterocycles. The van der Waals surface area contributed by atoms with E-state index in [1.54, 1.807) is 0 Å². The molecule has 1 aliphatic carbocycles. The normalized spacial score (nSPS) is 32.6. The highest BCUT2D eigenvalue weighted by atomic mass is 16.3. The second-order valence-corrected chi connectivity index (χ2v) is 6.09. The summed E-state index contributed by atoms with van der Waals surface area (Å²) in [5, 5.41) is 9.84. The highest BCUT2D eigenvalue weighted by Crippen LogP contribution is 2.38. The lowest BCUT2D eigenvalue weighted by atomic mass is 10.00. The van der Waals surface area contributed by atoms with Crippen LogP contribution in [0.15, 0.2) is 0 Å². The van der Waals surface area contributed by atoms with Crippen molar-refractivity contribution in [1.29, 1.82) is 0 Å². The molecule has 4 unspecified atom stereocenters. The molecule has 18 heavy (non-hydrogen) atoms. The first-order valence-electron chi connectivity index (χ1n) is 7.27. The molecule has 2 fully saturated rings. The highest BCUT2D eigenvalue weighted by Gasteiger charge is 2.42. The number of aliphatic hydroxyl groups is 1. The van der Waals surface area contributed by atoms with Crippen molar-refractivity contribution in [2.24, 2.45) is 23.5 Å². The molecule has 104 valence electrons. The molecule has 1 aliphatic heterocycles. The van der Waals surface area contributed by atoms with E-state index < -0.39 is 0 Å². The summed E-state index contributed by atoms with van der Waals surface area (Å²) in [6, 6.07) is 0. The monoisotopic (exact) mass is 254 g/mol. The molecule has 2 rings (SSSR count). The predicted octanol–water partition coefficient (Wildman–Crippen LogP) is 0.981. The van der Waals surface area contributed by atoms with Crippen molar-refractivity contribution < 1.29 is 9.90 Å². The van der Waals surface area contributed by atoms with Crippen LogP contribution in [0.4, 0.5) is 0 Å². The van der Waals surface area contributed by atoms with Gasteiger partial charge in [-0.3, -0.25) is 4.79 Å². The number of amides is 1. The molecule has 0 bridgehead atoms. The van der Waals surface area contributed by atoms with Gasteiger partial charge in [0.2, 0.25) is 5.91 Å². The topological polar surface area (TPSA) is 66.6 Å². The van der Waals surface area contributed by atoms with Crippen molar-refractivity contribution >= 4 is 5.91 Å². The number of carbonyl (C=O) groups excluding carboxylic acids is 1. The van der Waals surface area contributed by atoms with E-state index in [1.165, 1.54) is 0 Å². The summed E-state index contributed by atoms with van der Waals surface area (Å²) in [4.78, 5) is 14.1. The van der Waals surface area contributed by atoms with Crippen LogP contribution in [-0.2, 0) is 4.79 Å². The average molecular weight is 254 g/mol. The Morgan fingerprint density at radius 2 is 2.17 bits per heavy atom. The van der Waals surface area contributed by atoms with Crippen molar-refractivity contribution in [3.8, 4) is 0 Å². The van der Waals surface area contributed by atoms with E-state index in [-0.39, 0.29) is 12.0 Å². The van der Waals surface area contributed by atoms with Gasteiger partial charge in [-0.05, 0) is 44.1 Å². The number of fused-ring (bicyclic) bond motifs is 1. The van der Waals surface area contributed by atoms with Gasteiger partial charge < -0.3 is 15.7 Å². The Hall–Kier alpha value is -0.610. The van der Waals surface area contributed by atoms with Gasteiger partial charge in [0, 0.05) is 25.4 Å². The Balaban J connectivity index is 1.74. The Bertz CT molecular complexity index is 296. The van der Waals surface area contributed by atoms with Crippen LogP contribution in [0.1, 0.15) is 39.0 Å². The summed E-state index contributed by atoms with van der Waals surface area (Å²) in [5.41, 5.74) is 5.51. The Morgan fingerprint density at radius 1 is 1.39 bits per heavy atom. The number of rotatable bonds is 5. The number of hydrogen-bond donors (Lipinski definition) is 2. The molecule has 0 aromatic carbocycles. The van der Waals surface area contributed by atoms with E-state index in [0.29, 0.717) is 30.7 Å². The van der Waals surface area contributed by atoms with Crippen LogP contribution < -0.4 is 5.73 Å². The van der Waals surface area contributed by atoms with Crippen molar-refractivity contribution in [3.05, 3.63) is 0 Å². The third-order valence-electron chi connectivity index (χ3n) is 4.68. The van der Waals surface area contributed by atoms with E-state index in [1.807, 2.05) is 4.90 Å². The minimum atomic E-state index is -0.177. The Kier molecular flexibility index (Phi) is 4.62. The number of hydrogen-bond acceptors (Lipinski definition) is 3. The van der Waals surface area contributed by atoms with E-state index in [0.717, 1.165) is 38.8 Å². The van der Waals surface area contributed by atoms with E-state index in [4.69, 9.17) is 5.73 Å². The SMILES string of the molecule is CC(CCN)CCC(=O)N1CC2CCC(O)C2C1. The summed E-state index contributed by atoms with van der Waals surface area (Å²) in [7, 11) is 0. The van der Waals surface area contributed by atoms with Gasteiger partial charge in [-0.1, -0.05) is 6.92 Å². The Morgan fingerprint density at radius 3 is 2.83 bits per heavy atom. The molecule has 0 aromatic rings. The minimum absolute atomic E-state index is 0.177. The van der Waals surface area contributed by atoms with E-state index in [9.17, 15) is 9.90 Å². The highest BCUT2D eigenvalue weighted by molar-refractivity contribution is 5.76. The molecule has 0 radical (unpaired) electrons. The summed E-state index contributed by atoms with van der Waals surface area (Å²) in [6.07, 6.45) is 4.39. The van der Waals surface area contributed by atoms with Gasteiger partial charge in [-0.15, -0.1) is 0 Å². The van der Waals surface area contributed by atoms with Crippen molar-refractivity contribution in [1.82, 2.24) is 4.90 Å². The van der Waals surface area contributed by atoms with E-state index in [2.05, 4.69) is 6.92 Å². The number of aliphatic hydroxyl groups excluding tert-OH is 1. The zero-order chi connectivity index (χ0) is 13.1. The first-order chi connectivity index (χ1) is 8.61. The lowest BCUT2D eigenvalue weighted by molar-refractivity contribution is -0.130. The molecular formula is C14H26N2O2. The summed E-state index contributed by atoms with van der Waals surface area (Å²) in [6.45, 7) is 4.50. The van der Waals surface area contributed by atoms with Crippen LogP contribution >= 0.6 is 0 Å². The molecule has 1 heterocycles. The predicted molar refractivity (Wildman–Crippen MR) is 70.9 cm³/mol. The quantitative estimate of drug-likeness (QED) is 0.768. The second-order valence-electron chi connectivity index (χ2n) is 6.09. The number of nitrogens with two attached hydrogens (primary N) is 1. The van der Waals surface area contributed by atoms with Crippen LogP contribution in [0.25, 0.3) is 0 Å². The maximum atomic E-state index is 12.1. The summed E-state index contributed by atoms with van der Waals surface area (Å²) >= 11 is 0. The lowest BCUT2D eigenvalue weighted by Crippen LogP contribution is -2.31. The third-order valence-corrected chi connectivity index (χ3v) is 4.68. The first kappa shape index (κ1) is 13.8. The number of likely N-dealkylation sites (tertiary alicyclic amines) is 1. The van der Waals surface area contributed by atoms with Gasteiger partial charge >= 0.3 is 0 Å². The number of nitrogens with zero attached hydrogens (tertiary/aromatic N) is 1. The minimum Gasteiger partial charge on any atom is -0.393 e. The molecule has 1 amide bonds. The molecule has 0 spiro atoms. The lowest BCUT2D eigenvalue weighted by Gasteiger charge is -2.19. The van der Waals surface area contributed by atoms with Gasteiger partial charge in [0.15, 0.2) is 0 Å². The zero-order valence-electron chi connectivity index (χ0n) is 11.3. The van der Waals surface area contributed by atoms with Crippen LogP contribution in [0.3, 0.4) is 0 Å². The maximum Gasteiger partial charge on any atom is 0.222 e. The summed E-state index contributed by atoms with van der Waals surface area (Å²) in [5.74, 6) is 1.69. The maximum absolute atomic E-state index is 12.1. The van der Waals surface area contributed by atoms with Gasteiger partial charge in [0.05, 0.1) is 6.10 Å². The van der Waals surface area contributed by atoms with Crippen LogP contribution in [0, 0.1) is 17.8 Å². The van der Waals surface area contributed by atoms with Crippen molar-refractivity contribution in [3.63, 3.8) is 0 Å². The van der Waals surface area contributed by atoms with Crippen molar-refractivity contribution in [2.45, 2.75) is 45.1 Å². The van der Waals surface area contributed by atoms with Gasteiger partial charge in [0.1, 0.15) is 0 Å². The van der Waals surface area contributed by atoms with E-state index >= 15 is 0 Å². The van der Waals surface area contributed by atoms with Crippen molar-refractivity contribution in [2.75, 3.05) is 19.6 Å². The fourth-order valence-corrected chi connectivity index (χ4v) is 3.40. The molecule has 4 heteroatoms. The fraction of sp³-hybridized carbons (Fsp3) is 0.929. The van der Waals surface area contributed by atoms with Crippen LogP contribution in [-0.4, -0.2) is 41.7 Å². The molecule has 1 saturated heterocycles. The van der Waals surface area contributed by atoms with Gasteiger partial charge in [-0.25, -0.2) is 0 Å². The Labute approximate surface area is 110 Å². The number of carbonyl (C=O) groups is 1. The molecular weight excluding hydrogens is 228 g/mol. The average Bonchev–Trinajstić information content (AvgIpc) is 2.89. The standard InChI is InChI=1S/C14H26N2O2/c1-10(6-7-15)2-5-14(18)16-8-11-3-4-13(17)12(11)9-16/h10-13,17H,2-9,15H2,1H3. The largest absolute Gasteiger partial charge is 0.393 e. The molecule has 2 aliphatic rings. The van der Waals surface area contributed by atoms with Gasteiger partial charge in [0.25, 0.3) is 0 Å². The first-order valence-corrected chi connectivity index (χ1v) is 7.27. The molecule has 4 atom stereocenters. The second kappa shape index (κ2) is 6.02. The molecule has 4 nitrogen and oxygen atoms in total. The molecule has 3 N–H and O–H groups in total. The smallest absolute Gasteiger partial charge is 0.222 e. The zero-order valence-corrected chi connectivity index (χ0v) is 11.3.